The fourth-order valence-electron chi connectivity index (χ4n) is 3.74. The molecule has 1 saturated heterocycles. The summed E-state index contributed by atoms with van der Waals surface area (Å²) in [5, 5.41) is 2.86. The van der Waals surface area contributed by atoms with Crippen LogP contribution in [0.4, 0.5) is 11.4 Å². The monoisotopic (exact) mass is 407 g/mol. The van der Waals surface area contributed by atoms with E-state index >= 15 is 0 Å². The molecule has 0 spiro atoms. The maximum Gasteiger partial charge on any atom is 0.255 e. The Hall–Kier alpha value is -3.15. The van der Waals surface area contributed by atoms with E-state index in [-0.39, 0.29) is 24.1 Å². The van der Waals surface area contributed by atoms with Gasteiger partial charge in [-0.05, 0) is 36.1 Å². The van der Waals surface area contributed by atoms with Crippen molar-refractivity contribution in [2.75, 3.05) is 30.9 Å². The third kappa shape index (κ3) is 4.37. The number of hydrogen-bond donors (Lipinski definition) is 1. The van der Waals surface area contributed by atoms with E-state index in [2.05, 4.69) is 19.2 Å². The number of rotatable bonds is 6. The minimum Gasteiger partial charge on any atom is -0.345 e. The quantitative estimate of drug-likeness (QED) is 0.790. The first kappa shape index (κ1) is 21.6. The van der Waals surface area contributed by atoms with Crippen LogP contribution in [0.1, 0.15) is 48.5 Å². The maximum atomic E-state index is 12.9. The summed E-state index contributed by atoms with van der Waals surface area (Å²) in [5.74, 6) is -0.622. The lowest BCUT2D eigenvalue weighted by atomic mass is 9.96. The standard InChI is InChI=1S/C24H29N3O3/c1-5-16(2)18-10-7-9-13-21(18)27-15-17(14-22(27)28)23(29)25-20-12-8-6-11-19(20)24(30)26(3)4/h6-13,16-17H,5,14-15H2,1-4H3,(H,25,29). The molecule has 3 rings (SSSR count). The van der Waals surface area contributed by atoms with Crippen LogP contribution in [0.15, 0.2) is 48.5 Å². The highest BCUT2D eigenvalue weighted by Crippen LogP contribution is 2.34. The summed E-state index contributed by atoms with van der Waals surface area (Å²) in [6.45, 7) is 4.60. The molecule has 0 radical (unpaired) electrons. The van der Waals surface area contributed by atoms with Crippen LogP contribution < -0.4 is 10.2 Å². The summed E-state index contributed by atoms with van der Waals surface area (Å²) < 4.78 is 0. The van der Waals surface area contributed by atoms with Crippen LogP contribution in [0.5, 0.6) is 0 Å². The molecule has 2 aromatic rings. The van der Waals surface area contributed by atoms with E-state index in [9.17, 15) is 14.4 Å². The van der Waals surface area contributed by atoms with Crippen LogP contribution in [-0.2, 0) is 9.59 Å². The molecule has 0 saturated carbocycles. The Kier molecular flexibility index (Phi) is 6.55. The number of hydrogen-bond acceptors (Lipinski definition) is 3. The van der Waals surface area contributed by atoms with E-state index in [1.54, 1.807) is 43.3 Å². The molecule has 2 atom stereocenters. The van der Waals surface area contributed by atoms with Gasteiger partial charge in [0.15, 0.2) is 0 Å². The van der Waals surface area contributed by atoms with E-state index < -0.39 is 5.92 Å². The van der Waals surface area contributed by atoms with Gasteiger partial charge in [0, 0.05) is 32.7 Å². The van der Waals surface area contributed by atoms with Crippen molar-refractivity contribution in [1.29, 1.82) is 0 Å². The van der Waals surface area contributed by atoms with Crippen molar-refractivity contribution in [3.63, 3.8) is 0 Å². The van der Waals surface area contributed by atoms with E-state index in [1.165, 1.54) is 4.90 Å². The van der Waals surface area contributed by atoms with E-state index in [0.29, 0.717) is 23.7 Å². The Balaban J connectivity index is 1.79. The second-order valence-electron chi connectivity index (χ2n) is 8.01. The molecule has 3 amide bonds. The van der Waals surface area contributed by atoms with Crippen LogP contribution in [-0.4, -0.2) is 43.3 Å². The normalized spacial score (nSPS) is 17.0. The Labute approximate surface area is 177 Å². The largest absolute Gasteiger partial charge is 0.345 e. The van der Waals surface area contributed by atoms with Crippen LogP contribution >= 0.6 is 0 Å². The van der Waals surface area contributed by atoms with Crippen molar-refractivity contribution < 1.29 is 14.4 Å². The highest BCUT2D eigenvalue weighted by molar-refractivity contribution is 6.07. The van der Waals surface area contributed by atoms with Gasteiger partial charge in [-0.2, -0.15) is 0 Å². The van der Waals surface area contributed by atoms with E-state index in [1.807, 2.05) is 24.3 Å². The highest BCUT2D eigenvalue weighted by Gasteiger charge is 2.36. The molecule has 2 aromatic carbocycles. The molecule has 0 aromatic heterocycles. The summed E-state index contributed by atoms with van der Waals surface area (Å²) in [5.41, 5.74) is 2.90. The third-order valence-electron chi connectivity index (χ3n) is 5.69. The number of benzene rings is 2. The Bertz CT molecular complexity index is 954. The molecule has 158 valence electrons. The summed E-state index contributed by atoms with van der Waals surface area (Å²) in [7, 11) is 3.34. The number of nitrogens with one attached hydrogen (secondary N) is 1. The maximum absolute atomic E-state index is 12.9. The number of carbonyl (C=O) groups excluding carboxylic acids is 3. The number of para-hydroxylation sites is 2. The summed E-state index contributed by atoms with van der Waals surface area (Å²) in [4.78, 5) is 41.3. The van der Waals surface area contributed by atoms with Gasteiger partial charge in [0.2, 0.25) is 11.8 Å². The molecule has 0 aliphatic carbocycles. The van der Waals surface area contributed by atoms with Crippen molar-refractivity contribution in [3.05, 3.63) is 59.7 Å². The zero-order valence-corrected chi connectivity index (χ0v) is 18.0. The second-order valence-corrected chi connectivity index (χ2v) is 8.01. The van der Waals surface area contributed by atoms with Crippen LogP contribution in [0.3, 0.4) is 0 Å². The van der Waals surface area contributed by atoms with Gasteiger partial charge in [0.05, 0.1) is 17.2 Å². The molecule has 1 aliphatic heterocycles. The number of carbonyl (C=O) groups is 3. The minimum atomic E-state index is -0.468. The Morgan fingerprint density at radius 2 is 1.80 bits per heavy atom. The first-order valence-corrected chi connectivity index (χ1v) is 10.3. The zero-order chi connectivity index (χ0) is 21.8. The second kappa shape index (κ2) is 9.11. The molecule has 1 fully saturated rings. The topological polar surface area (TPSA) is 69.7 Å². The van der Waals surface area contributed by atoms with Crippen molar-refractivity contribution in [3.8, 4) is 0 Å². The average Bonchev–Trinajstić information content (AvgIpc) is 3.14. The third-order valence-corrected chi connectivity index (χ3v) is 5.69. The minimum absolute atomic E-state index is 0.0523. The van der Waals surface area contributed by atoms with Gasteiger partial charge in [0.1, 0.15) is 0 Å². The SMILES string of the molecule is CCC(C)c1ccccc1N1CC(C(=O)Nc2ccccc2C(=O)N(C)C)CC1=O. The number of anilines is 2. The van der Waals surface area contributed by atoms with Crippen molar-refractivity contribution in [1.82, 2.24) is 4.90 Å². The van der Waals surface area contributed by atoms with E-state index in [0.717, 1.165) is 17.7 Å². The summed E-state index contributed by atoms with van der Waals surface area (Å²) >= 11 is 0. The lowest BCUT2D eigenvalue weighted by Crippen LogP contribution is -2.30. The highest BCUT2D eigenvalue weighted by atomic mass is 16.2. The molecule has 0 bridgehead atoms. The predicted octanol–water partition coefficient (Wildman–Crippen LogP) is 3.89. The lowest BCUT2D eigenvalue weighted by Gasteiger charge is -2.23. The molecular weight excluding hydrogens is 378 g/mol. The molecular formula is C24H29N3O3. The molecule has 6 nitrogen and oxygen atoms in total. The van der Waals surface area contributed by atoms with Crippen molar-refractivity contribution in [2.24, 2.45) is 5.92 Å². The van der Waals surface area contributed by atoms with Gasteiger partial charge >= 0.3 is 0 Å². The zero-order valence-electron chi connectivity index (χ0n) is 18.0. The Morgan fingerprint density at radius 3 is 2.50 bits per heavy atom. The lowest BCUT2D eigenvalue weighted by molar-refractivity contribution is -0.122. The first-order chi connectivity index (χ1) is 14.3. The van der Waals surface area contributed by atoms with Gasteiger partial charge in [0.25, 0.3) is 5.91 Å². The summed E-state index contributed by atoms with van der Waals surface area (Å²) in [6.07, 6.45) is 1.13. The smallest absolute Gasteiger partial charge is 0.255 e. The molecule has 6 heteroatoms. The average molecular weight is 408 g/mol. The van der Waals surface area contributed by atoms with Crippen LogP contribution in [0, 0.1) is 5.92 Å². The Morgan fingerprint density at radius 1 is 1.13 bits per heavy atom. The molecule has 2 unspecified atom stereocenters. The first-order valence-electron chi connectivity index (χ1n) is 10.3. The fourth-order valence-corrected chi connectivity index (χ4v) is 3.74. The molecule has 1 aliphatic rings. The van der Waals surface area contributed by atoms with Gasteiger partial charge in [-0.15, -0.1) is 0 Å². The van der Waals surface area contributed by atoms with E-state index in [4.69, 9.17) is 0 Å². The van der Waals surface area contributed by atoms with Gasteiger partial charge in [-0.3, -0.25) is 14.4 Å². The molecule has 1 heterocycles. The van der Waals surface area contributed by atoms with Crippen molar-refractivity contribution in [2.45, 2.75) is 32.6 Å². The van der Waals surface area contributed by atoms with Gasteiger partial charge < -0.3 is 15.1 Å². The van der Waals surface area contributed by atoms with Crippen molar-refractivity contribution >= 4 is 29.1 Å². The summed E-state index contributed by atoms with van der Waals surface area (Å²) in [6, 6.07) is 14.8. The van der Waals surface area contributed by atoms with Gasteiger partial charge in [-0.1, -0.05) is 44.2 Å². The predicted molar refractivity (Wildman–Crippen MR) is 119 cm³/mol. The molecule has 1 N–H and O–H groups in total. The number of amides is 3. The number of nitrogens with zero attached hydrogens (tertiary/aromatic N) is 2. The van der Waals surface area contributed by atoms with Crippen LogP contribution in [0.25, 0.3) is 0 Å². The van der Waals surface area contributed by atoms with Gasteiger partial charge in [-0.25, -0.2) is 0 Å². The fraction of sp³-hybridized carbons (Fsp3) is 0.375. The molecule has 30 heavy (non-hydrogen) atoms. The van der Waals surface area contributed by atoms with Crippen LogP contribution in [0.2, 0.25) is 0 Å².